The standard InChI is InChI=1S/C20H24N2O4/c1-16-5-2-6-17(11-16)26-15-20(24)8-4-10-22(14-20)19(23)13-25-18-7-3-9-21-12-18/h2-3,5-7,9,11-12,24H,4,8,10,13-15H2,1H3/t20-/m0/s1. The molecular formula is C20H24N2O4. The molecule has 0 radical (unpaired) electrons. The van der Waals surface area contributed by atoms with Crippen LogP contribution in [0, 0.1) is 6.92 Å². The number of nitrogens with zero attached hydrogens (tertiary/aromatic N) is 2. The Hall–Kier alpha value is -2.60. The van der Waals surface area contributed by atoms with Crippen LogP contribution in [0.3, 0.4) is 0 Å². The molecule has 1 aliphatic heterocycles. The molecule has 1 fully saturated rings. The van der Waals surface area contributed by atoms with Crippen molar-refractivity contribution in [3.05, 3.63) is 54.4 Å². The summed E-state index contributed by atoms with van der Waals surface area (Å²) in [7, 11) is 0. The summed E-state index contributed by atoms with van der Waals surface area (Å²) in [6, 6.07) is 11.2. The first kappa shape index (κ1) is 18.2. The molecule has 6 nitrogen and oxygen atoms in total. The Balaban J connectivity index is 1.53. The third-order valence-electron chi connectivity index (χ3n) is 4.40. The molecule has 1 aliphatic rings. The summed E-state index contributed by atoms with van der Waals surface area (Å²) in [5.74, 6) is 1.13. The number of amides is 1. The number of benzene rings is 1. The van der Waals surface area contributed by atoms with Crippen LogP contribution in [-0.2, 0) is 4.79 Å². The van der Waals surface area contributed by atoms with Crippen LogP contribution >= 0.6 is 0 Å². The van der Waals surface area contributed by atoms with Crippen LogP contribution < -0.4 is 9.47 Å². The van der Waals surface area contributed by atoms with Crippen molar-refractivity contribution in [1.82, 2.24) is 9.88 Å². The second kappa shape index (κ2) is 8.19. The van der Waals surface area contributed by atoms with E-state index in [0.717, 1.165) is 17.7 Å². The van der Waals surface area contributed by atoms with Gasteiger partial charge in [0.25, 0.3) is 5.91 Å². The van der Waals surface area contributed by atoms with Crippen molar-refractivity contribution in [3.8, 4) is 11.5 Å². The zero-order chi connectivity index (χ0) is 18.4. The number of carbonyl (C=O) groups excluding carboxylic acids is 1. The van der Waals surface area contributed by atoms with E-state index in [9.17, 15) is 9.90 Å². The minimum absolute atomic E-state index is 0.0689. The van der Waals surface area contributed by atoms with Crippen molar-refractivity contribution in [3.63, 3.8) is 0 Å². The number of β-amino-alcohol motifs (C(OH)–C–C–N with tert-alkyl or cyclic N) is 1. The van der Waals surface area contributed by atoms with Crippen LogP contribution in [0.5, 0.6) is 11.5 Å². The quantitative estimate of drug-likeness (QED) is 0.859. The topological polar surface area (TPSA) is 71.9 Å². The monoisotopic (exact) mass is 356 g/mol. The van der Waals surface area contributed by atoms with E-state index in [-0.39, 0.29) is 25.7 Å². The van der Waals surface area contributed by atoms with Crippen molar-refractivity contribution in [2.24, 2.45) is 0 Å². The lowest BCUT2D eigenvalue weighted by Crippen LogP contribution is -2.54. The summed E-state index contributed by atoms with van der Waals surface area (Å²) >= 11 is 0. The first-order valence-electron chi connectivity index (χ1n) is 8.77. The van der Waals surface area contributed by atoms with Crippen LogP contribution in [-0.4, -0.2) is 52.8 Å². The molecule has 1 atom stereocenters. The largest absolute Gasteiger partial charge is 0.491 e. The zero-order valence-electron chi connectivity index (χ0n) is 14.9. The Labute approximate surface area is 153 Å². The first-order chi connectivity index (χ1) is 12.5. The predicted molar refractivity (Wildman–Crippen MR) is 97.2 cm³/mol. The van der Waals surface area contributed by atoms with E-state index in [1.54, 1.807) is 29.4 Å². The van der Waals surface area contributed by atoms with E-state index in [1.165, 1.54) is 0 Å². The fourth-order valence-electron chi connectivity index (χ4n) is 3.03. The van der Waals surface area contributed by atoms with E-state index in [0.29, 0.717) is 18.7 Å². The highest BCUT2D eigenvalue weighted by Crippen LogP contribution is 2.23. The molecule has 1 N–H and O–H groups in total. The van der Waals surface area contributed by atoms with Crippen molar-refractivity contribution in [1.29, 1.82) is 0 Å². The van der Waals surface area contributed by atoms with E-state index in [1.807, 2.05) is 31.2 Å². The molecular weight excluding hydrogens is 332 g/mol. The molecule has 1 saturated heterocycles. The molecule has 6 heteroatoms. The van der Waals surface area contributed by atoms with Crippen molar-refractivity contribution in [2.75, 3.05) is 26.3 Å². The van der Waals surface area contributed by atoms with Gasteiger partial charge >= 0.3 is 0 Å². The number of aliphatic hydroxyl groups is 1. The van der Waals surface area contributed by atoms with Crippen LogP contribution in [0.1, 0.15) is 18.4 Å². The maximum Gasteiger partial charge on any atom is 0.260 e. The fraction of sp³-hybridized carbons (Fsp3) is 0.400. The lowest BCUT2D eigenvalue weighted by Gasteiger charge is -2.38. The maximum absolute atomic E-state index is 12.4. The number of aromatic nitrogens is 1. The van der Waals surface area contributed by atoms with Crippen LogP contribution in [0.25, 0.3) is 0 Å². The van der Waals surface area contributed by atoms with Gasteiger partial charge in [0.1, 0.15) is 23.7 Å². The number of pyridine rings is 1. The summed E-state index contributed by atoms with van der Waals surface area (Å²) in [4.78, 5) is 18.0. The van der Waals surface area contributed by atoms with Crippen molar-refractivity contribution in [2.45, 2.75) is 25.4 Å². The van der Waals surface area contributed by atoms with Gasteiger partial charge in [0, 0.05) is 12.7 Å². The van der Waals surface area contributed by atoms with Gasteiger partial charge in [0.2, 0.25) is 0 Å². The highest BCUT2D eigenvalue weighted by atomic mass is 16.5. The number of hydrogen-bond acceptors (Lipinski definition) is 5. The van der Waals surface area contributed by atoms with Gasteiger partial charge in [0.15, 0.2) is 6.61 Å². The molecule has 1 aromatic carbocycles. The average Bonchev–Trinajstić information content (AvgIpc) is 2.65. The molecule has 1 amide bonds. The molecule has 0 aliphatic carbocycles. The zero-order valence-corrected chi connectivity index (χ0v) is 14.9. The predicted octanol–water partition coefficient (Wildman–Crippen LogP) is 2.20. The van der Waals surface area contributed by atoms with Gasteiger partial charge in [-0.15, -0.1) is 0 Å². The van der Waals surface area contributed by atoms with Gasteiger partial charge in [0.05, 0.1) is 12.7 Å². The molecule has 0 spiro atoms. The molecule has 0 saturated carbocycles. The third-order valence-corrected chi connectivity index (χ3v) is 4.40. The SMILES string of the molecule is Cc1cccc(OC[C@]2(O)CCCN(C(=O)COc3cccnc3)C2)c1. The highest BCUT2D eigenvalue weighted by molar-refractivity contribution is 5.78. The minimum atomic E-state index is -1.05. The maximum atomic E-state index is 12.4. The van der Waals surface area contributed by atoms with Gasteiger partial charge in [-0.1, -0.05) is 12.1 Å². The second-order valence-corrected chi connectivity index (χ2v) is 6.73. The number of aryl methyl sites for hydroxylation is 1. The minimum Gasteiger partial charge on any atom is -0.491 e. The van der Waals surface area contributed by atoms with Gasteiger partial charge in [-0.3, -0.25) is 9.78 Å². The molecule has 138 valence electrons. The van der Waals surface area contributed by atoms with Crippen LogP contribution in [0.15, 0.2) is 48.8 Å². The van der Waals surface area contributed by atoms with E-state index in [2.05, 4.69) is 4.98 Å². The fourth-order valence-corrected chi connectivity index (χ4v) is 3.03. The molecule has 2 heterocycles. The second-order valence-electron chi connectivity index (χ2n) is 6.73. The lowest BCUT2D eigenvalue weighted by molar-refractivity contribution is -0.142. The van der Waals surface area contributed by atoms with E-state index >= 15 is 0 Å². The van der Waals surface area contributed by atoms with E-state index in [4.69, 9.17) is 9.47 Å². The van der Waals surface area contributed by atoms with E-state index < -0.39 is 5.60 Å². The molecule has 0 bridgehead atoms. The smallest absolute Gasteiger partial charge is 0.260 e. The molecule has 26 heavy (non-hydrogen) atoms. The average molecular weight is 356 g/mol. The molecule has 2 aromatic rings. The Kier molecular flexibility index (Phi) is 5.73. The molecule has 3 rings (SSSR count). The number of carbonyl (C=O) groups is 1. The third kappa shape index (κ3) is 4.95. The van der Waals surface area contributed by atoms with Crippen molar-refractivity contribution >= 4 is 5.91 Å². The van der Waals surface area contributed by atoms with Gasteiger partial charge in [-0.2, -0.15) is 0 Å². The van der Waals surface area contributed by atoms with Gasteiger partial charge in [-0.25, -0.2) is 0 Å². The van der Waals surface area contributed by atoms with Gasteiger partial charge in [-0.05, 0) is 49.6 Å². The normalized spacial score (nSPS) is 19.8. The van der Waals surface area contributed by atoms with Crippen LogP contribution in [0.2, 0.25) is 0 Å². The number of ether oxygens (including phenoxy) is 2. The number of rotatable bonds is 6. The van der Waals surface area contributed by atoms with Crippen molar-refractivity contribution < 1.29 is 19.4 Å². The summed E-state index contributed by atoms with van der Waals surface area (Å²) in [5, 5.41) is 10.8. The molecule has 0 unspecified atom stereocenters. The number of hydrogen-bond donors (Lipinski definition) is 1. The van der Waals surface area contributed by atoms with Crippen LogP contribution in [0.4, 0.5) is 0 Å². The summed E-state index contributed by atoms with van der Waals surface area (Å²) < 4.78 is 11.2. The van der Waals surface area contributed by atoms with Gasteiger partial charge < -0.3 is 19.5 Å². The Morgan fingerprint density at radius 1 is 1.27 bits per heavy atom. The number of likely N-dealkylation sites (tertiary alicyclic amines) is 1. The highest BCUT2D eigenvalue weighted by Gasteiger charge is 2.36. The Bertz CT molecular complexity index is 738. The summed E-state index contributed by atoms with van der Waals surface area (Å²) in [6.07, 6.45) is 4.54. The molecule has 1 aromatic heterocycles. The Morgan fingerprint density at radius 3 is 2.88 bits per heavy atom. The Morgan fingerprint density at radius 2 is 2.12 bits per heavy atom. The first-order valence-corrected chi connectivity index (χ1v) is 8.77. The number of piperidine rings is 1. The summed E-state index contributed by atoms with van der Waals surface area (Å²) in [6.45, 7) is 2.94. The summed E-state index contributed by atoms with van der Waals surface area (Å²) in [5.41, 5.74) is 0.0499. The lowest BCUT2D eigenvalue weighted by atomic mass is 9.93.